The maximum absolute atomic E-state index is 14.0. The van der Waals surface area contributed by atoms with E-state index in [9.17, 15) is 26.7 Å². The molecular formula is C25H27F5N2O3. The average Bonchev–Trinajstić information content (AvgIpc) is 2.97. The molecule has 2 aliphatic heterocycles. The van der Waals surface area contributed by atoms with Gasteiger partial charge in [0.25, 0.3) is 0 Å². The van der Waals surface area contributed by atoms with Gasteiger partial charge in [-0.1, -0.05) is 30.3 Å². The van der Waals surface area contributed by atoms with Crippen LogP contribution in [0.1, 0.15) is 43.2 Å². The SMILES string of the molecule is O=C(O)C(F)(F)F.O=C1CCC2(CCCN(Cc3cc(F)ccc3F)CC2)N1Cc1ccccc1. The number of aliphatic carboxylic acids is 1. The van der Waals surface area contributed by atoms with Gasteiger partial charge in [-0.2, -0.15) is 13.2 Å². The molecule has 0 aromatic heterocycles. The summed E-state index contributed by atoms with van der Waals surface area (Å²) in [5.74, 6) is -3.29. The molecule has 2 aromatic rings. The number of hydrogen-bond donors (Lipinski definition) is 1. The number of benzene rings is 2. The van der Waals surface area contributed by atoms with Crippen molar-refractivity contribution in [2.75, 3.05) is 13.1 Å². The second-order valence-corrected chi connectivity index (χ2v) is 8.86. The van der Waals surface area contributed by atoms with Crippen LogP contribution in [-0.4, -0.2) is 51.6 Å². The number of likely N-dealkylation sites (tertiary alicyclic amines) is 2. The van der Waals surface area contributed by atoms with Gasteiger partial charge in [-0.3, -0.25) is 9.69 Å². The van der Waals surface area contributed by atoms with E-state index in [1.807, 2.05) is 18.2 Å². The molecule has 0 aliphatic carbocycles. The van der Waals surface area contributed by atoms with Crippen LogP contribution in [0.2, 0.25) is 0 Å². The van der Waals surface area contributed by atoms with E-state index in [0.29, 0.717) is 25.1 Å². The molecule has 0 radical (unpaired) electrons. The van der Waals surface area contributed by atoms with E-state index >= 15 is 0 Å². The second kappa shape index (κ2) is 11.2. The Morgan fingerprint density at radius 2 is 1.66 bits per heavy atom. The Morgan fingerprint density at radius 3 is 2.31 bits per heavy atom. The third kappa shape index (κ3) is 7.00. The maximum atomic E-state index is 14.0. The number of carbonyl (C=O) groups is 2. The zero-order valence-electron chi connectivity index (χ0n) is 19.0. The van der Waals surface area contributed by atoms with Crippen molar-refractivity contribution in [1.29, 1.82) is 0 Å². The van der Waals surface area contributed by atoms with Gasteiger partial charge in [0.2, 0.25) is 5.91 Å². The predicted octanol–water partition coefficient (Wildman–Crippen LogP) is 5.15. The number of hydrogen-bond acceptors (Lipinski definition) is 3. The van der Waals surface area contributed by atoms with Crippen molar-refractivity contribution in [2.24, 2.45) is 0 Å². The van der Waals surface area contributed by atoms with E-state index < -0.39 is 18.0 Å². The van der Waals surface area contributed by atoms with E-state index in [0.717, 1.165) is 50.4 Å². The summed E-state index contributed by atoms with van der Waals surface area (Å²) < 4.78 is 59.3. The fraction of sp³-hybridized carbons (Fsp3) is 0.440. The molecule has 2 aromatic carbocycles. The normalized spacial score (nSPS) is 20.9. The van der Waals surface area contributed by atoms with Crippen molar-refractivity contribution in [3.8, 4) is 0 Å². The van der Waals surface area contributed by atoms with Crippen LogP contribution in [0.25, 0.3) is 0 Å². The second-order valence-electron chi connectivity index (χ2n) is 8.86. The smallest absolute Gasteiger partial charge is 0.475 e. The van der Waals surface area contributed by atoms with E-state index in [1.54, 1.807) is 0 Å². The van der Waals surface area contributed by atoms with Crippen molar-refractivity contribution < 1.29 is 36.6 Å². The third-order valence-electron chi connectivity index (χ3n) is 6.52. The molecule has 2 heterocycles. The Kier molecular flexibility index (Phi) is 8.47. The number of alkyl halides is 3. The molecule has 1 N–H and O–H groups in total. The molecule has 1 atom stereocenters. The quantitative estimate of drug-likeness (QED) is 0.593. The minimum absolute atomic E-state index is 0.109. The number of halogens is 5. The van der Waals surface area contributed by atoms with E-state index in [1.165, 1.54) is 12.1 Å². The molecule has 0 saturated carbocycles. The molecule has 4 rings (SSSR count). The topological polar surface area (TPSA) is 60.9 Å². The monoisotopic (exact) mass is 498 g/mol. The van der Waals surface area contributed by atoms with Crippen molar-refractivity contribution >= 4 is 11.9 Å². The van der Waals surface area contributed by atoms with Crippen LogP contribution in [0.3, 0.4) is 0 Å². The first kappa shape index (κ1) is 26.6. The van der Waals surface area contributed by atoms with Gasteiger partial charge in [0.1, 0.15) is 11.6 Å². The van der Waals surface area contributed by atoms with Crippen LogP contribution in [0.5, 0.6) is 0 Å². The summed E-state index contributed by atoms with van der Waals surface area (Å²) in [5.41, 5.74) is 1.45. The fourth-order valence-electron chi connectivity index (χ4n) is 4.71. The van der Waals surface area contributed by atoms with E-state index in [-0.39, 0.29) is 17.3 Å². The molecule has 1 unspecified atom stereocenters. The highest BCUT2D eigenvalue weighted by molar-refractivity contribution is 5.79. The lowest BCUT2D eigenvalue weighted by molar-refractivity contribution is -0.192. The number of rotatable bonds is 4. The predicted molar refractivity (Wildman–Crippen MR) is 118 cm³/mol. The first-order valence-corrected chi connectivity index (χ1v) is 11.3. The van der Waals surface area contributed by atoms with Gasteiger partial charge in [-0.05, 0) is 56.0 Å². The lowest BCUT2D eigenvalue weighted by Gasteiger charge is -2.38. The van der Waals surface area contributed by atoms with Crippen molar-refractivity contribution in [3.05, 3.63) is 71.3 Å². The molecule has 1 spiro atoms. The van der Waals surface area contributed by atoms with E-state index in [4.69, 9.17) is 9.90 Å². The van der Waals surface area contributed by atoms with Crippen LogP contribution in [0.15, 0.2) is 48.5 Å². The van der Waals surface area contributed by atoms with Crippen LogP contribution >= 0.6 is 0 Å². The van der Waals surface area contributed by atoms with Crippen LogP contribution < -0.4 is 0 Å². The molecule has 2 saturated heterocycles. The summed E-state index contributed by atoms with van der Waals surface area (Å²) in [7, 11) is 0. The number of nitrogens with zero attached hydrogens (tertiary/aromatic N) is 2. The van der Waals surface area contributed by atoms with Gasteiger partial charge in [-0.15, -0.1) is 0 Å². The molecule has 1 amide bonds. The highest BCUT2D eigenvalue weighted by atomic mass is 19.4. The molecular weight excluding hydrogens is 471 g/mol. The van der Waals surface area contributed by atoms with Gasteiger partial charge in [0.05, 0.1) is 0 Å². The summed E-state index contributed by atoms with van der Waals surface area (Å²) in [5, 5.41) is 7.12. The summed E-state index contributed by atoms with van der Waals surface area (Å²) in [6, 6.07) is 13.8. The number of amides is 1. The molecule has 10 heteroatoms. The van der Waals surface area contributed by atoms with Crippen LogP contribution in [0.4, 0.5) is 22.0 Å². The number of carboxylic acids is 1. The van der Waals surface area contributed by atoms with Gasteiger partial charge in [0, 0.05) is 37.2 Å². The number of carboxylic acid groups (broad SMARTS) is 1. The van der Waals surface area contributed by atoms with Gasteiger partial charge < -0.3 is 10.0 Å². The van der Waals surface area contributed by atoms with Crippen molar-refractivity contribution in [3.63, 3.8) is 0 Å². The lowest BCUT2D eigenvalue weighted by Crippen LogP contribution is -2.45. The Hall–Kier alpha value is -3.01. The first-order chi connectivity index (χ1) is 16.5. The fourth-order valence-corrected chi connectivity index (χ4v) is 4.71. The summed E-state index contributed by atoms with van der Waals surface area (Å²) >= 11 is 0. The molecule has 5 nitrogen and oxygen atoms in total. The Labute approximate surface area is 200 Å². The van der Waals surface area contributed by atoms with Crippen molar-refractivity contribution in [2.45, 2.75) is 56.9 Å². The third-order valence-corrected chi connectivity index (χ3v) is 6.52. The summed E-state index contributed by atoms with van der Waals surface area (Å²) in [4.78, 5) is 25.8. The zero-order chi connectivity index (χ0) is 25.6. The van der Waals surface area contributed by atoms with Gasteiger partial charge in [-0.25, -0.2) is 13.6 Å². The Bertz CT molecular complexity index is 1030. The summed E-state index contributed by atoms with van der Waals surface area (Å²) in [6.45, 7) is 2.68. The maximum Gasteiger partial charge on any atom is 0.490 e. The lowest BCUT2D eigenvalue weighted by atomic mass is 9.87. The average molecular weight is 498 g/mol. The molecule has 35 heavy (non-hydrogen) atoms. The van der Waals surface area contributed by atoms with Crippen LogP contribution in [-0.2, 0) is 22.7 Å². The molecule has 2 fully saturated rings. The van der Waals surface area contributed by atoms with E-state index in [2.05, 4.69) is 21.9 Å². The minimum atomic E-state index is -5.08. The minimum Gasteiger partial charge on any atom is -0.475 e. The first-order valence-electron chi connectivity index (χ1n) is 11.3. The molecule has 190 valence electrons. The zero-order valence-corrected chi connectivity index (χ0v) is 19.0. The largest absolute Gasteiger partial charge is 0.490 e. The summed E-state index contributed by atoms with van der Waals surface area (Å²) in [6.07, 6.45) is -0.794. The molecule has 0 bridgehead atoms. The van der Waals surface area contributed by atoms with Gasteiger partial charge in [0.15, 0.2) is 0 Å². The Balaban J connectivity index is 0.000000429. The van der Waals surface area contributed by atoms with Crippen LogP contribution in [0, 0.1) is 11.6 Å². The Morgan fingerprint density at radius 1 is 0.971 bits per heavy atom. The van der Waals surface area contributed by atoms with Crippen molar-refractivity contribution in [1.82, 2.24) is 9.80 Å². The highest BCUT2D eigenvalue weighted by Crippen LogP contribution is 2.40. The molecule has 2 aliphatic rings. The standard InChI is InChI=1S/C23H26F2N2O.C2HF3O2/c24-20-7-8-21(25)19(15-20)17-26-13-4-10-23(12-14-26)11-9-22(28)27(23)16-18-5-2-1-3-6-18;3-2(4,5)1(6)7/h1-3,5-8,15H,4,9-14,16-17H2;(H,6,7). The highest BCUT2D eigenvalue weighted by Gasteiger charge is 2.45. The van der Waals surface area contributed by atoms with Gasteiger partial charge >= 0.3 is 12.1 Å². The number of carbonyl (C=O) groups excluding carboxylic acids is 1.